The molecule has 1 aliphatic rings. The number of carbonyl (C=O) groups excluding carboxylic acids is 3. The van der Waals surface area contributed by atoms with E-state index in [2.05, 4.69) is 25.9 Å². The number of hydrogen-bond donors (Lipinski definition) is 3. The Morgan fingerprint density at radius 3 is 2.80 bits per heavy atom. The average molecular weight is 416 g/mol. The van der Waals surface area contributed by atoms with Crippen LogP contribution >= 0.6 is 0 Å². The summed E-state index contributed by atoms with van der Waals surface area (Å²) in [6, 6.07) is 4.32. The van der Waals surface area contributed by atoms with Crippen molar-refractivity contribution in [2.75, 3.05) is 36.4 Å². The predicted molar refractivity (Wildman–Crippen MR) is 106 cm³/mol. The number of anilines is 2. The van der Waals surface area contributed by atoms with Crippen LogP contribution in [-0.4, -0.2) is 60.2 Å². The second kappa shape index (κ2) is 9.63. The number of aromatic nitrogens is 2. The zero-order valence-corrected chi connectivity index (χ0v) is 16.2. The smallest absolute Gasteiger partial charge is 0.414 e. The third-order valence-corrected chi connectivity index (χ3v) is 4.24. The third-order valence-electron chi connectivity index (χ3n) is 4.24. The van der Waals surface area contributed by atoms with Crippen LogP contribution in [0.3, 0.4) is 0 Å². The number of ether oxygens (including phenoxy) is 1. The monoisotopic (exact) mass is 416 g/mol. The topological polar surface area (TPSA) is 126 Å². The highest BCUT2D eigenvalue weighted by atomic mass is 19.1. The van der Waals surface area contributed by atoms with E-state index in [1.165, 1.54) is 42.5 Å². The molecule has 1 aromatic carbocycles. The standard InChI is InChI=1S/C19H21FN6O4/c1-12(27)25-9-14-11-26(19(29)30-14)13-2-3-16(15(20)8-13)22-6-7-24-18(28)17-10-21-4-5-23-17/h2-5,8,10,14,22H,6-7,9,11H2,1H3,(H,24,28)(H,25,27)/t14-/m0/s1. The van der Waals surface area contributed by atoms with Crippen molar-refractivity contribution in [1.29, 1.82) is 0 Å². The minimum atomic E-state index is -0.600. The number of hydrogen-bond acceptors (Lipinski definition) is 7. The van der Waals surface area contributed by atoms with E-state index in [4.69, 9.17) is 4.74 Å². The van der Waals surface area contributed by atoms with Gasteiger partial charge in [0, 0.05) is 32.4 Å². The number of cyclic esters (lactones) is 1. The Morgan fingerprint density at radius 1 is 1.27 bits per heavy atom. The Labute approximate surface area is 171 Å². The van der Waals surface area contributed by atoms with Crippen molar-refractivity contribution in [3.8, 4) is 0 Å². The van der Waals surface area contributed by atoms with Gasteiger partial charge >= 0.3 is 6.09 Å². The van der Waals surface area contributed by atoms with Gasteiger partial charge in [0.05, 0.1) is 30.7 Å². The van der Waals surface area contributed by atoms with E-state index in [0.29, 0.717) is 5.69 Å². The van der Waals surface area contributed by atoms with E-state index in [-0.39, 0.29) is 49.4 Å². The molecule has 0 bridgehead atoms. The lowest BCUT2D eigenvalue weighted by molar-refractivity contribution is -0.119. The van der Waals surface area contributed by atoms with Gasteiger partial charge in [0.1, 0.15) is 17.6 Å². The Hall–Kier alpha value is -3.76. The van der Waals surface area contributed by atoms with Crippen LogP contribution in [0.15, 0.2) is 36.8 Å². The van der Waals surface area contributed by atoms with Crippen LogP contribution in [0, 0.1) is 5.82 Å². The van der Waals surface area contributed by atoms with Crippen molar-refractivity contribution in [3.05, 3.63) is 48.3 Å². The van der Waals surface area contributed by atoms with Crippen LogP contribution < -0.4 is 20.9 Å². The minimum Gasteiger partial charge on any atom is -0.442 e. The fraction of sp³-hybridized carbons (Fsp3) is 0.316. The van der Waals surface area contributed by atoms with E-state index < -0.39 is 18.0 Å². The zero-order chi connectivity index (χ0) is 21.5. The minimum absolute atomic E-state index is 0.194. The van der Waals surface area contributed by atoms with Crippen molar-refractivity contribution in [2.45, 2.75) is 13.0 Å². The van der Waals surface area contributed by atoms with Gasteiger partial charge in [0.2, 0.25) is 5.91 Å². The van der Waals surface area contributed by atoms with Crippen LogP contribution in [0.1, 0.15) is 17.4 Å². The van der Waals surface area contributed by atoms with Crippen LogP contribution in [0.2, 0.25) is 0 Å². The molecule has 3 amide bonds. The second-order valence-corrected chi connectivity index (χ2v) is 6.49. The molecule has 0 radical (unpaired) electrons. The lowest BCUT2D eigenvalue weighted by atomic mass is 10.2. The molecular weight excluding hydrogens is 395 g/mol. The van der Waals surface area contributed by atoms with Gasteiger partial charge in [0.15, 0.2) is 0 Å². The first-order chi connectivity index (χ1) is 14.4. The van der Waals surface area contributed by atoms with Crippen LogP contribution in [0.5, 0.6) is 0 Å². The molecule has 158 valence electrons. The van der Waals surface area contributed by atoms with E-state index >= 15 is 0 Å². The van der Waals surface area contributed by atoms with Gasteiger partial charge in [-0.05, 0) is 18.2 Å². The average Bonchev–Trinajstić information content (AvgIpc) is 3.11. The molecule has 0 aliphatic carbocycles. The molecule has 0 unspecified atom stereocenters. The van der Waals surface area contributed by atoms with Gasteiger partial charge in [0.25, 0.3) is 5.91 Å². The quantitative estimate of drug-likeness (QED) is 0.547. The number of nitrogens with zero attached hydrogens (tertiary/aromatic N) is 3. The molecule has 1 fully saturated rings. The normalized spacial score (nSPS) is 15.5. The lowest BCUT2D eigenvalue weighted by Crippen LogP contribution is -2.33. The Bertz CT molecular complexity index is 926. The summed E-state index contributed by atoms with van der Waals surface area (Å²) in [5.41, 5.74) is 0.779. The number of rotatable bonds is 8. The number of nitrogens with one attached hydrogen (secondary N) is 3. The number of halogens is 1. The first kappa shape index (κ1) is 21.0. The second-order valence-electron chi connectivity index (χ2n) is 6.49. The van der Waals surface area contributed by atoms with E-state index in [1.807, 2.05) is 0 Å². The molecule has 2 aromatic rings. The molecule has 1 saturated heterocycles. The first-order valence-electron chi connectivity index (χ1n) is 9.24. The van der Waals surface area contributed by atoms with Crippen LogP contribution in [0.4, 0.5) is 20.6 Å². The summed E-state index contributed by atoms with van der Waals surface area (Å²) in [5, 5.41) is 8.12. The highest BCUT2D eigenvalue weighted by Gasteiger charge is 2.32. The molecule has 3 rings (SSSR count). The largest absolute Gasteiger partial charge is 0.442 e. The van der Waals surface area contributed by atoms with Gasteiger partial charge in [-0.3, -0.25) is 19.5 Å². The SMILES string of the molecule is CC(=O)NC[C@H]1CN(c2ccc(NCCNC(=O)c3cnccn3)c(F)c2)C(=O)O1. The highest BCUT2D eigenvalue weighted by Crippen LogP contribution is 2.25. The molecule has 10 nitrogen and oxygen atoms in total. The van der Waals surface area contributed by atoms with Crippen LogP contribution in [-0.2, 0) is 9.53 Å². The summed E-state index contributed by atoms with van der Waals surface area (Å²) in [6.45, 7) is 2.31. The number of benzene rings is 1. The summed E-state index contributed by atoms with van der Waals surface area (Å²) in [5.74, 6) is -1.15. The molecule has 1 aromatic heterocycles. The van der Waals surface area contributed by atoms with E-state index in [1.54, 1.807) is 6.07 Å². The van der Waals surface area contributed by atoms with E-state index in [9.17, 15) is 18.8 Å². The molecule has 3 N–H and O–H groups in total. The molecular formula is C19H21FN6O4. The van der Waals surface area contributed by atoms with Gasteiger partial charge < -0.3 is 20.7 Å². The maximum atomic E-state index is 14.4. The Kier molecular flexibility index (Phi) is 6.73. The van der Waals surface area contributed by atoms with Crippen molar-refractivity contribution < 1.29 is 23.5 Å². The lowest BCUT2D eigenvalue weighted by Gasteiger charge is -2.15. The molecule has 1 aliphatic heterocycles. The summed E-state index contributed by atoms with van der Waals surface area (Å²) in [4.78, 5) is 43.9. The number of carbonyl (C=O) groups is 3. The van der Waals surface area contributed by atoms with E-state index in [0.717, 1.165) is 0 Å². The molecule has 2 heterocycles. The zero-order valence-electron chi connectivity index (χ0n) is 16.2. The third kappa shape index (κ3) is 5.40. The van der Waals surface area contributed by atoms with Gasteiger partial charge in [-0.2, -0.15) is 0 Å². The summed E-state index contributed by atoms with van der Waals surface area (Å²) < 4.78 is 19.6. The van der Waals surface area contributed by atoms with Crippen LogP contribution in [0.25, 0.3) is 0 Å². The van der Waals surface area contributed by atoms with Crippen molar-refractivity contribution in [1.82, 2.24) is 20.6 Å². The van der Waals surface area contributed by atoms with Gasteiger partial charge in [-0.1, -0.05) is 0 Å². The Balaban J connectivity index is 1.50. The molecule has 0 spiro atoms. The molecule has 11 heteroatoms. The summed E-state index contributed by atoms with van der Waals surface area (Å²) in [6.07, 6.45) is 3.14. The molecule has 1 atom stereocenters. The van der Waals surface area contributed by atoms with Crippen molar-refractivity contribution in [2.24, 2.45) is 0 Å². The summed E-state index contributed by atoms with van der Waals surface area (Å²) in [7, 11) is 0. The van der Waals surface area contributed by atoms with Gasteiger partial charge in [-0.15, -0.1) is 0 Å². The maximum Gasteiger partial charge on any atom is 0.414 e. The maximum absolute atomic E-state index is 14.4. The van der Waals surface area contributed by atoms with Crippen molar-refractivity contribution in [3.63, 3.8) is 0 Å². The first-order valence-corrected chi connectivity index (χ1v) is 9.24. The predicted octanol–water partition coefficient (Wildman–Crippen LogP) is 0.919. The van der Waals surface area contributed by atoms with Crippen molar-refractivity contribution >= 4 is 29.3 Å². The highest BCUT2D eigenvalue weighted by molar-refractivity contribution is 5.92. The Morgan fingerprint density at radius 2 is 2.10 bits per heavy atom. The molecule has 30 heavy (non-hydrogen) atoms. The van der Waals surface area contributed by atoms with Gasteiger partial charge in [-0.25, -0.2) is 14.2 Å². The molecule has 0 saturated carbocycles. The number of amides is 3. The summed E-state index contributed by atoms with van der Waals surface area (Å²) >= 11 is 0. The fourth-order valence-corrected chi connectivity index (χ4v) is 2.79. The fourth-order valence-electron chi connectivity index (χ4n) is 2.79.